The maximum Gasteiger partial charge on any atom is 0.246 e. The Balaban J connectivity index is 1.97. The third-order valence-electron chi connectivity index (χ3n) is 3.40. The Morgan fingerprint density at radius 2 is 1.82 bits per heavy atom. The number of amides is 1. The van der Waals surface area contributed by atoms with Crippen LogP contribution in [0.5, 0.6) is 0 Å². The molecule has 0 radical (unpaired) electrons. The molecule has 7 nitrogen and oxygen atoms in total. The fourth-order valence-electron chi connectivity index (χ4n) is 2.15. The van der Waals surface area contributed by atoms with Crippen LogP contribution in [0, 0.1) is 0 Å². The van der Waals surface area contributed by atoms with Crippen molar-refractivity contribution in [3.63, 3.8) is 0 Å². The van der Waals surface area contributed by atoms with E-state index in [1.807, 2.05) is 30.3 Å². The Hall–Kier alpha value is -1.77. The Morgan fingerprint density at radius 3 is 2.45 bits per heavy atom. The minimum absolute atomic E-state index is 0.534. The molecule has 0 spiro atoms. The average molecular weight is 309 g/mol. The van der Waals surface area contributed by atoms with E-state index in [4.69, 9.17) is 9.84 Å². The molecule has 5 atom stereocenters. The van der Waals surface area contributed by atoms with Crippen LogP contribution in [0.3, 0.4) is 0 Å². The van der Waals surface area contributed by atoms with Crippen LogP contribution in [-0.4, -0.2) is 63.6 Å². The Morgan fingerprint density at radius 1 is 1.14 bits per heavy atom. The largest absolute Gasteiger partial charge is 0.394 e. The van der Waals surface area contributed by atoms with Crippen molar-refractivity contribution in [3.05, 3.63) is 42.0 Å². The van der Waals surface area contributed by atoms with Gasteiger partial charge in [0.15, 0.2) is 6.23 Å². The molecule has 1 aromatic carbocycles. The maximum absolute atomic E-state index is 11.8. The van der Waals surface area contributed by atoms with E-state index >= 15 is 0 Å². The summed E-state index contributed by atoms with van der Waals surface area (Å²) < 4.78 is 5.18. The standard InChI is InChI=1S/C15H19NO6/c17-8-10-12(19)13(20)14(21)15(22-10)16-11(18)7-6-9-4-2-1-3-5-9/h1-7,10,12-15,17,19-21H,8H2,(H,16,18)/b7-6+/t10-,12-,13+,14-,15-/m1/s1. The third-order valence-corrected chi connectivity index (χ3v) is 3.40. The summed E-state index contributed by atoms with van der Waals surface area (Å²) >= 11 is 0. The number of aliphatic hydroxyl groups excluding tert-OH is 4. The van der Waals surface area contributed by atoms with Gasteiger partial charge in [0, 0.05) is 6.08 Å². The number of ether oxygens (including phenoxy) is 1. The van der Waals surface area contributed by atoms with E-state index in [-0.39, 0.29) is 0 Å². The zero-order chi connectivity index (χ0) is 16.1. The lowest BCUT2D eigenvalue weighted by Crippen LogP contribution is -2.63. The van der Waals surface area contributed by atoms with E-state index in [1.54, 1.807) is 6.08 Å². The molecule has 0 unspecified atom stereocenters. The van der Waals surface area contributed by atoms with Gasteiger partial charge in [-0.25, -0.2) is 0 Å². The molecular formula is C15H19NO6. The van der Waals surface area contributed by atoms with Gasteiger partial charge >= 0.3 is 0 Å². The van der Waals surface area contributed by atoms with Gasteiger partial charge in [0.1, 0.15) is 24.4 Å². The Labute approximate surface area is 127 Å². The highest BCUT2D eigenvalue weighted by molar-refractivity contribution is 5.91. The molecule has 1 amide bonds. The average Bonchev–Trinajstić information content (AvgIpc) is 2.54. The molecule has 1 fully saturated rings. The molecule has 22 heavy (non-hydrogen) atoms. The summed E-state index contributed by atoms with van der Waals surface area (Å²) in [7, 11) is 0. The number of carbonyl (C=O) groups is 1. The lowest BCUT2D eigenvalue weighted by Gasteiger charge is -2.39. The van der Waals surface area contributed by atoms with E-state index in [0.29, 0.717) is 0 Å². The fraction of sp³-hybridized carbons (Fsp3) is 0.400. The first-order chi connectivity index (χ1) is 10.5. The predicted molar refractivity (Wildman–Crippen MR) is 77.4 cm³/mol. The summed E-state index contributed by atoms with van der Waals surface area (Å²) in [5.41, 5.74) is 0.825. The van der Waals surface area contributed by atoms with Crippen molar-refractivity contribution < 1.29 is 30.0 Å². The molecule has 0 saturated carbocycles. The fourth-order valence-corrected chi connectivity index (χ4v) is 2.15. The second-order valence-electron chi connectivity index (χ2n) is 5.00. The Kier molecular flexibility index (Phi) is 5.64. The summed E-state index contributed by atoms with van der Waals surface area (Å²) in [6.07, 6.45) is -3.89. The van der Waals surface area contributed by atoms with Crippen LogP contribution in [0.2, 0.25) is 0 Å². The third kappa shape index (κ3) is 3.90. The van der Waals surface area contributed by atoms with Gasteiger partial charge in [-0.1, -0.05) is 30.3 Å². The molecule has 1 saturated heterocycles. The van der Waals surface area contributed by atoms with Gasteiger partial charge in [-0.05, 0) is 11.6 Å². The Bertz CT molecular complexity index is 518. The quantitative estimate of drug-likeness (QED) is 0.437. The van der Waals surface area contributed by atoms with Crippen LogP contribution < -0.4 is 5.32 Å². The van der Waals surface area contributed by atoms with Crippen LogP contribution in [0.1, 0.15) is 5.56 Å². The van der Waals surface area contributed by atoms with Crippen molar-refractivity contribution in [1.82, 2.24) is 5.32 Å². The normalized spacial score (nSPS) is 32.1. The van der Waals surface area contributed by atoms with E-state index in [9.17, 15) is 20.1 Å². The minimum Gasteiger partial charge on any atom is -0.394 e. The summed E-state index contributed by atoms with van der Waals surface area (Å²) in [6, 6.07) is 9.14. The van der Waals surface area contributed by atoms with E-state index in [0.717, 1.165) is 5.56 Å². The summed E-state index contributed by atoms with van der Waals surface area (Å²) in [5.74, 6) is -0.534. The van der Waals surface area contributed by atoms with Gasteiger partial charge in [0.05, 0.1) is 6.61 Å². The number of hydrogen-bond donors (Lipinski definition) is 5. The van der Waals surface area contributed by atoms with Crippen molar-refractivity contribution in [3.8, 4) is 0 Å². The van der Waals surface area contributed by atoms with E-state index in [1.165, 1.54) is 6.08 Å². The highest BCUT2D eigenvalue weighted by atomic mass is 16.6. The second kappa shape index (κ2) is 7.48. The number of nitrogens with one attached hydrogen (secondary N) is 1. The number of rotatable bonds is 4. The van der Waals surface area contributed by atoms with Gasteiger partial charge in [-0.15, -0.1) is 0 Å². The summed E-state index contributed by atoms with van der Waals surface area (Å²) in [6.45, 7) is -0.544. The first-order valence-electron chi connectivity index (χ1n) is 6.87. The smallest absolute Gasteiger partial charge is 0.246 e. The lowest BCUT2D eigenvalue weighted by atomic mass is 9.98. The van der Waals surface area contributed by atoms with Gasteiger partial charge in [-0.3, -0.25) is 4.79 Å². The molecule has 1 heterocycles. The zero-order valence-corrected chi connectivity index (χ0v) is 11.7. The highest BCUT2D eigenvalue weighted by Crippen LogP contribution is 2.19. The number of carbonyl (C=O) groups excluding carboxylic acids is 1. The van der Waals surface area contributed by atoms with Crippen molar-refractivity contribution in [2.24, 2.45) is 0 Å². The SMILES string of the molecule is O=C(/C=C/c1ccccc1)N[C@@H]1O[C@H](CO)[C@@H](O)[C@H](O)[C@H]1O. The number of hydrogen-bond acceptors (Lipinski definition) is 6. The highest BCUT2D eigenvalue weighted by Gasteiger charge is 2.43. The molecular weight excluding hydrogens is 290 g/mol. The van der Waals surface area contributed by atoms with Crippen molar-refractivity contribution in [1.29, 1.82) is 0 Å². The molecule has 0 bridgehead atoms. The molecule has 1 aliphatic rings. The monoisotopic (exact) mass is 309 g/mol. The molecule has 5 N–H and O–H groups in total. The van der Waals surface area contributed by atoms with E-state index < -0.39 is 43.2 Å². The zero-order valence-electron chi connectivity index (χ0n) is 11.7. The van der Waals surface area contributed by atoms with Crippen molar-refractivity contribution >= 4 is 12.0 Å². The molecule has 0 aliphatic carbocycles. The molecule has 7 heteroatoms. The molecule has 1 aliphatic heterocycles. The van der Waals surface area contributed by atoms with Crippen LogP contribution in [-0.2, 0) is 9.53 Å². The van der Waals surface area contributed by atoms with E-state index in [2.05, 4.69) is 5.32 Å². The molecule has 0 aromatic heterocycles. The van der Waals surface area contributed by atoms with Gasteiger partial charge in [0.2, 0.25) is 5.91 Å². The van der Waals surface area contributed by atoms with Crippen LogP contribution >= 0.6 is 0 Å². The first kappa shape index (κ1) is 16.6. The van der Waals surface area contributed by atoms with Crippen molar-refractivity contribution in [2.75, 3.05) is 6.61 Å². The van der Waals surface area contributed by atoms with Crippen LogP contribution in [0.4, 0.5) is 0 Å². The van der Waals surface area contributed by atoms with Crippen LogP contribution in [0.25, 0.3) is 6.08 Å². The van der Waals surface area contributed by atoms with Gasteiger partial charge in [-0.2, -0.15) is 0 Å². The van der Waals surface area contributed by atoms with Gasteiger partial charge < -0.3 is 30.5 Å². The van der Waals surface area contributed by atoms with Gasteiger partial charge in [0.25, 0.3) is 0 Å². The number of aliphatic hydroxyl groups is 4. The molecule has 1 aromatic rings. The first-order valence-corrected chi connectivity index (χ1v) is 6.87. The summed E-state index contributed by atoms with van der Waals surface area (Å²) in [4.78, 5) is 11.8. The molecule has 2 rings (SSSR count). The topological polar surface area (TPSA) is 119 Å². The maximum atomic E-state index is 11.8. The lowest BCUT2D eigenvalue weighted by molar-refractivity contribution is -0.235. The van der Waals surface area contributed by atoms with Crippen molar-refractivity contribution in [2.45, 2.75) is 30.6 Å². The summed E-state index contributed by atoms with van der Waals surface area (Å²) in [5, 5.41) is 40.5. The predicted octanol–water partition coefficient (Wildman–Crippen LogP) is -1.38. The minimum atomic E-state index is -1.52. The molecule has 120 valence electrons. The number of benzene rings is 1. The van der Waals surface area contributed by atoms with Crippen LogP contribution in [0.15, 0.2) is 36.4 Å². The second-order valence-corrected chi connectivity index (χ2v) is 5.00.